The Morgan fingerprint density at radius 1 is 1.47 bits per heavy atom. The molecule has 102 valence electrons. The molecule has 0 unspecified atom stereocenters. The van der Waals surface area contributed by atoms with Crippen LogP contribution < -0.4 is 4.90 Å². The first-order valence-corrected chi connectivity index (χ1v) is 7.15. The first kappa shape index (κ1) is 15.4. The first-order valence-electron chi connectivity index (χ1n) is 6.16. The lowest BCUT2D eigenvalue weighted by Crippen LogP contribution is -2.27. The summed E-state index contributed by atoms with van der Waals surface area (Å²) in [4.78, 5) is 14.2. The number of nitriles is 1. The van der Waals surface area contributed by atoms with Crippen LogP contribution in [0.1, 0.15) is 19.4 Å². The summed E-state index contributed by atoms with van der Waals surface area (Å²) in [7, 11) is 1.79. The first-order chi connectivity index (χ1) is 9.13. The van der Waals surface area contributed by atoms with E-state index in [1.165, 1.54) is 0 Å². The number of nitrogens with zero attached hydrogens (tertiary/aromatic N) is 2. The summed E-state index contributed by atoms with van der Waals surface area (Å²) in [6.45, 7) is 4.32. The minimum atomic E-state index is -0.289. The highest BCUT2D eigenvalue weighted by atomic mass is 32.2. The predicted octanol–water partition coefficient (Wildman–Crippen LogP) is 2.67. The highest BCUT2D eigenvalue weighted by Crippen LogP contribution is 2.29. The quantitative estimate of drug-likeness (QED) is 0.591. The van der Waals surface area contributed by atoms with E-state index in [1.807, 2.05) is 25.1 Å². The van der Waals surface area contributed by atoms with Crippen LogP contribution in [-0.4, -0.2) is 31.9 Å². The fourth-order valence-corrected chi connectivity index (χ4v) is 2.49. The van der Waals surface area contributed by atoms with Gasteiger partial charge in [-0.25, -0.2) is 0 Å². The number of carbonyl (C=O) groups excluding carboxylic acids is 1. The Morgan fingerprint density at radius 2 is 2.21 bits per heavy atom. The van der Waals surface area contributed by atoms with Gasteiger partial charge in [0.25, 0.3) is 0 Å². The summed E-state index contributed by atoms with van der Waals surface area (Å²) < 4.78 is 4.92. The van der Waals surface area contributed by atoms with Crippen LogP contribution in [0.5, 0.6) is 0 Å². The zero-order valence-corrected chi connectivity index (χ0v) is 12.3. The van der Waals surface area contributed by atoms with Crippen molar-refractivity contribution >= 4 is 23.4 Å². The van der Waals surface area contributed by atoms with Gasteiger partial charge in [-0.05, 0) is 24.8 Å². The highest BCUT2D eigenvalue weighted by Gasteiger charge is 2.14. The lowest BCUT2D eigenvalue weighted by molar-refractivity contribution is -0.141. The number of rotatable bonds is 6. The largest absolute Gasteiger partial charge is 0.465 e. The average Bonchev–Trinajstić information content (AvgIpc) is 2.39. The second kappa shape index (κ2) is 7.70. The summed E-state index contributed by atoms with van der Waals surface area (Å²) in [6.07, 6.45) is 0. The normalized spacial score (nSPS) is 9.79. The Kier molecular flexibility index (Phi) is 6.23. The number of thioether (sulfide) groups is 1. The molecule has 0 N–H and O–H groups in total. The number of ether oxygens (including phenoxy) is 1. The Morgan fingerprint density at radius 3 is 2.79 bits per heavy atom. The molecule has 1 aromatic rings. The molecule has 0 bridgehead atoms. The number of carbonyl (C=O) groups is 1. The van der Waals surface area contributed by atoms with Gasteiger partial charge < -0.3 is 9.64 Å². The zero-order valence-electron chi connectivity index (χ0n) is 11.5. The molecule has 0 aliphatic carbocycles. The molecule has 0 saturated heterocycles. The lowest BCUT2D eigenvalue weighted by Gasteiger charge is -2.20. The van der Waals surface area contributed by atoms with Crippen molar-refractivity contribution in [2.24, 2.45) is 0 Å². The van der Waals surface area contributed by atoms with Crippen LogP contribution in [0.3, 0.4) is 0 Å². The van der Waals surface area contributed by atoms with E-state index >= 15 is 0 Å². The molecule has 0 fully saturated rings. The second-order valence-corrected chi connectivity index (χ2v) is 5.16. The molecule has 0 heterocycles. The summed E-state index contributed by atoms with van der Waals surface area (Å²) in [5.74, 6) is 0.613. The Balaban J connectivity index is 2.96. The van der Waals surface area contributed by atoms with Crippen molar-refractivity contribution in [3.63, 3.8) is 0 Å². The molecule has 0 amide bonds. The smallest absolute Gasteiger partial charge is 0.325 e. The number of anilines is 1. The summed E-state index contributed by atoms with van der Waals surface area (Å²) in [6, 6.07) is 7.89. The van der Waals surface area contributed by atoms with Crippen LogP contribution in [0.25, 0.3) is 0 Å². The third-order valence-corrected chi connectivity index (χ3v) is 3.44. The molecule has 0 saturated carbocycles. The molecule has 0 aromatic heterocycles. The van der Waals surface area contributed by atoms with Crippen LogP contribution in [0.15, 0.2) is 23.1 Å². The van der Waals surface area contributed by atoms with Crippen LogP contribution in [0.2, 0.25) is 0 Å². The van der Waals surface area contributed by atoms with Crippen molar-refractivity contribution < 1.29 is 9.53 Å². The van der Waals surface area contributed by atoms with Gasteiger partial charge in [0.05, 0.1) is 17.9 Å². The van der Waals surface area contributed by atoms with E-state index in [4.69, 9.17) is 4.74 Å². The molecular weight excluding hydrogens is 260 g/mol. The molecule has 0 radical (unpaired) electrons. The molecule has 0 spiro atoms. The monoisotopic (exact) mass is 278 g/mol. The van der Waals surface area contributed by atoms with Gasteiger partial charge in [0, 0.05) is 11.9 Å². The van der Waals surface area contributed by atoms with Gasteiger partial charge >= 0.3 is 5.97 Å². The zero-order chi connectivity index (χ0) is 14.3. The van der Waals surface area contributed by atoms with Gasteiger partial charge in [-0.3, -0.25) is 4.79 Å². The number of benzene rings is 1. The SMILES string of the molecule is CCOC(=O)CN(C)c1cccc(SCC)c1C#N. The summed E-state index contributed by atoms with van der Waals surface area (Å²) >= 11 is 1.62. The molecule has 0 aliphatic heterocycles. The minimum absolute atomic E-state index is 0.142. The molecule has 1 rings (SSSR count). The van der Waals surface area contributed by atoms with E-state index in [0.29, 0.717) is 12.2 Å². The van der Waals surface area contributed by atoms with Crippen molar-refractivity contribution in [1.82, 2.24) is 0 Å². The maximum Gasteiger partial charge on any atom is 0.325 e. The molecule has 5 heteroatoms. The molecule has 19 heavy (non-hydrogen) atoms. The molecule has 0 atom stereocenters. The highest BCUT2D eigenvalue weighted by molar-refractivity contribution is 7.99. The Hall–Kier alpha value is -1.67. The molecular formula is C14H18N2O2S. The van der Waals surface area contributed by atoms with E-state index in [0.717, 1.165) is 16.3 Å². The third-order valence-electron chi connectivity index (χ3n) is 2.50. The van der Waals surface area contributed by atoms with E-state index in [2.05, 4.69) is 6.07 Å². The average molecular weight is 278 g/mol. The van der Waals surface area contributed by atoms with Gasteiger partial charge in [0.1, 0.15) is 12.6 Å². The van der Waals surface area contributed by atoms with E-state index in [9.17, 15) is 10.1 Å². The fraction of sp³-hybridized carbons (Fsp3) is 0.429. The van der Waals surface area contributed by atoms with Crippen molar-refractivity contribution in [2.45, 2.75) is 18.7 Å². The predicted molar refractivity (Wildman–Crippen MR) is 77.5 cm³/mol. The Bertz CT molecular complexity index is 483. The standard InChI is InChI=1S/C14H18N2O2S/c1-4-18-14(17)10-16(3)12-7-6-8-13(19-5-2)11(12)9-15/h6-8H,4-5,10H2,1-3H3. The van der Waals surface area contributed by atoms with E-state index in [-0.39, 0.29) is 12.5 Å². The Labute approximate surface area is 118 Å². The van der Waals surface area contributed by atoms with Crippen molar-refractivity contribution in [2.75, 3.05) is 30.9 Å². The molecule has 4 nitrogen and oxygen atoms in total. The molecule has 1 aromatic carbocycles. The van der Waals surface area contributed by atoms with Gasteiger partial charge in [-0.2, -0.15) is 5.26 Å². The minimum Gasteiger partial charge on any atom is -0.465 e. The van der Waals surface area contributed by atoms with Gasteiger partial charge in [0.15, 0.2) is 0 Å². The number of hydrogen-bond donors (Lipinski definition) is 0. The van der Waals surface area contributed by atoms with Crippen molar-refractivity contribution in [3.05, 3.63) is 23.8 Å². The maximum atomic E-state index is 11.5. The lowest BCUT2D eigenvalue weighted by atomic mass is 10.2. The van der Waals surface area contributed by atoms with Gasteiger partial charge in [-0.15, -0.1) is 11.8 Å². The van der Waals surface area contributed by atoms with Crippen molar-refractivity contribution in [1.29, 1.82) is 5.26 Å². The number of likely N-dealkylation sites (N-methyl/N-ethyl adjacent to an activating group) is 1. The van der Waals surface area contributed by atoms with Crippen molar-refractivity contribution in [3.8, 4) is 6.07 Å². The number of hydrogen-bond acceptors (Lipinski definition) is 5. The van der Waals surface area contributed by atoms with E-state index in [1.54, 1.807) is 30.6 Å². The van der Waals surface area contributed by atoms with Gasteiger partial charge in [0.2, 0.25) is 0 Å². The summed E-state index contributed by atoms with van der Waals surface area (Å²) in [5.41, 5.74) is 1.37. The van der Waals surface area contributed by atoms with Crippen LogP contribution >= 0.6 is 11.8 Å². The van der Waals surface area contributed by atoms with Crippen LogP contribution in [0.4, 0.5) is 5.69 Å². The third kappa shape index (κ3) is 4.18. The maximum absolute atomic E-state index is 11.5. The summed E-state index contributed by atoms with van der Waals surface area (Å²) in [5, 5.41) is 9.31. The number of esters is 1. The molecule has 0 aliphatic rings. The van der Waals surface area contributed by atoms with E-state index < -0.39 is 0 Å². The van der Waals surface area contributed by atoms with Crippen LogP contribution in [-0.2, 0) is 9.53 Å². The topological polar surface area (TPSA) is 53.3 Å². The van der Waals surface area contributed by atoms with Crippen LogP contribution in [0, 0.1) is 11.3 Å². The second-order valence-electron chi connectivity index (χ2n) is 3.86. The van der Waals surface area contributed by atoms with Gasteiger partial charge in [-0.1, -0.05) is 13.0 Å². The fourth-order valence-electron chi connectivity index (χ4n) is 1.71.